The lowest BCUT2D eigenvalue weighted by molar-refractivity contribution is 0.171. The molecule has 0 spiro atoms. The van der Waals surface area contributed by atoms with Crippen molar-refractivity contribution < 1.29 is 0 Å². The van der Waals surface area contributed by atoms with Crippen LogP contribution < -0.4 is 10.1 Å². The lowest BCUT2D eigenvalue weighted by atomic mass is 10.1. The highest BCUT2D eigenvalue weighted by molar-refractivity contribution is 5.93. The van der Waals surface area contributed by atoms with Gasteiger partial charge in [0.1, 0.15) is 6.34 Å². The van der Waals surface area contributed by atoms with Crippen LogP contribution in [0.4, 0.5) is 11.4 Å². The Labute approximate surface area is 140 Å². The molecule has 1 atom stereocenters. The number of rotatable bonds is 3. The normalized spacial score (nSPS) is 23.2. The van der Waals surface area contributed by atoms with Gasteiger partial charge in [-0.25, -0.2) is 5.01 Å². The number of hydrazine groups is 2. The van der Waals surface area contributed by atoms with Crippen LogP contribution in [-0.4, -0.2) is 22.8 Å². The quantitative estimate of drug-likeness (QED) is 0.867. The summed E-state index contributed by atoms with van der Waals surface area (Å²) in [5.74, 6) is 0. The minimum absolute atomic E-state index is 0.748. The number of nitrogens with zero attached hydrogens (tertiary/aromatic N) is 7. The van der Waals surface area contributed by atoms with Gasteiger partial charge in [-0.3, -0.25) is 0 Å². The van der Waals surface area contributed by atoms with Crippen LogP contribution in [0.15, 0.2) is 81.2 Å². The Bertz CT molecular complexity index is 766. The van der Waals surface area contributed by atoms with Gasteiger partial charge in [0.25, 0.3) is 0 Å². The van der Waals surface area contributed by atoms with Gasteiger partial charge in [0.05, 0.1) is 17.1 Å². The van der Waals surface area contributed by atoms with Gasteiger partial charge >= 0.3 is 0 Å². The van der Waals surface area contributed by atoms with E-state index < -0.39 is 5.66 Å². The van der Waals surface area contributed by atoms with Crippen LogP contribution in [-0.2, 0) is 0 Å². The molecule has 7 heteroatoms. The molecule has 0 saturated heterocycles. The predicted molar refractivity (Wildman–Crippen MR) is 94.5 cm³/mol. The van der Waals surface area contributed by atoms with E-state index in [1.165, 1.54) is 0 Å². The van der Waals surface area contributed by atoms with Crippen molar-refractivity contribution in [2.75, 3.05) is 10.1 Å². The molecule has 0 bridgehead atoms. The van der Waals surface area contributed by atoms with Crippen molar-refractivity contribution in [2.24, 2.45) is 20.5 Å². The highest BCUT2D eigenvalue weighted by Crippen LogP contribution is 2.35. The van der Waals surface area contributed by atoms with Crippen LogP contribution in [0.3, 0.4) is 0 Å². The molecule has 2 aliphatic rings. The monoisotopic (exact) mass is 319 g/mol. The van der Waals surface area contributed by atoms with E-state index in [0.717, 1.165) is 17.1 Å². The third-order valence-corrected chi connectivity index (χ3v) is 4.17. The third kappa shape index (κ3) is 2.17. The molecule has 7 nitrogen and oxygen atoms in total. The molecule has 0 amide bonds. The Hall–Kier alpha value is -3.06. The maximum atomic E-state index is 4.57. The maximum absolute atomic E-state index is 4.57. The Morgan fingerprint density at radius 2 is 1.50 bits per heavy atom. The molecular formula is C17H17N7. The second-order valence-corrected chi connectivity index (χ2v) is 5.72. The minimum Gasteiger partial charge on any atom is -0.239 e. The average Bonchev–Trinajstić information content (AvgIpc) is 3.21. The second-order valence-electron chi connectivity index (χ2n) is 5.72. The van der Waals surface area contributed by atoms with E-state index in [1.807, 2.05) is 89.8 Å². The van der Waals surface area contributed by atoms with Crippen molar-refractivity contribution in [3.63, 3.8) is 0 Å². The van der Waals surface area contributed by atoms with Crippen molar-refractivity contribution in [2.45, 2.75) is 19.5 Å². The molecule has 0 aromatic heterocycles. The largest absolute Gasteiger partial charge is 0.239 e. The number of para-hydroxylation sites is 2. The average molecular weight is 319 g/mol. The van der Waals surface area contributed by atoms with Crippen LogP contribution in [0.25, 0.3) is 0 Å². The summed E-state index contributed by atoms with van der Waals surface area (Å²) >= 11 is 0. The molecule has 0 N–H and O–H groups in total. The Morgan fingerprint density at radius 1 is 0.875 bits per heavy atom. The van der Waals surface area contributed by atoms with Crippen LogP contribution >= 0.6 is 0 Å². The lowest BCUT2D eigenvalue weighted by Gasteiger charge is -2.40. The SMILES string of the molecule is CC1=NN=NC1(C)N1N(c2ccccc2)C=NN1c1ccccc1. The Balaban J connectivity index is 1.81. The first kappa shape index (κ1) is 14.5. The van der Waals surface area contributed by atoms with Crippen molar-refractivity contribution in [1.82, 2.24) is 5.12 Å². The summed E-state index contributed by atoms with van der Waals surface area (Å²) in [5.41, 5.74) is 1.97. The fourth-order valence-electron chi connectivity index (χ4n) is 2.70. The fourth-order valence-corrected chi connectivity index (χ4v) is 2.70. The lowest BCUT2D eigenvalue weighted by Crippen LogP contribution is -2.60. The Kier molecular flexibility index (Phi) is 3.35. The number of hydrogen-bond acceptors (Lipinski definition) is 7. The molecule has 2 aromatic rings. The molecule has 24 heavy (non-hydrogen) atoms. The molecular weight excluding hydrogens is 302 g/mol. The van der Waals surface area contributed by atoms with Gasteiger partial charge in [0.2, 0.25) is 5.66 Å². The molecule has 4 rings (SSSR count). The van der Waals surface area contributed by atoms with Gasteiger partial charge in [0.15, 0.2) is 0 Å². The Morgan fingerprint density at radius 3 is 2.08 bits per heavy atom. The minimum atomic E-state index is -0.748. The number of hydrazone groups is 1. The number of hydrogen-bond donors (Lipinski definition) is 0. The number of anilines is 2. The van der Waals surface area contributed by atoms with Crippen LogP contribution in [0.1, 0.15) is 13.8 Å². The highest BCUT2D eigenvalue weighted by atomic mass is 16.0. The summed E-state index contributed by atoms with van der Waals surface area (Å²) in [6.45, 7) is 3.90. The molecule has 2 aliphatic heterocycles. The van der Waals surface area contributed by atoms with Crippen molar-refractivity contribution in [3.8, 4) is 0 Å². The fraction of sp³-hybridized carbons (Fsp3) is 0.176. The zero-order chi connectivity index (χ0) is 16.6. The van der Waals surface area contributed by atoms with Crippen molar-refractivity contribution in [3.05, 3.63) is 60.7 Å². The number of benzene rings is 2. The summed E-state index contributed by atoms with van der Waals surface area (Å²) in [6, 6.07) is 20.0. The van der Waals surface area contributed by atoms with Crippen molar-refractivity contribution >= 4 is 23.4 Å². The summed E-state index contributed by atoms with van der Waals surface area (Å²) in [5, 5.41) is 22.7. The molecule has 0 fully saturated rings. The van der Waals surface area contributed by atoms with Crippen LogP contribution in [0.5, 0.6) is 0 Å². The van der Waals surface area contributed by atoms with Gasteiger partial charge in [0, 0.05) is 0 Å². The zero-order valence-electron chi connectivity index (χ0n) is 13.5. The highest BCUT2D eigenvalue weighted by Gasteiger charge is 2.48. The molecule has 2 heterocycles. The van der Waals surface area contributed by atoms with E-state index in [4.69, 9.17) is 0 Å². The third-order valence-electron chi connectivity index (χ3n) is 4.17. The van der Waals surface area contributed by atoms with Gasteiger partial charge in [-0.05, 0) is 43.3 Å². The summed E-state index contributed by atoms with van der Waals surface area (Å²) in [4.78, 5) is 0. The molecule has 2 aromatic carbocycles. The standard InChI is InChI=1S/C17H17N7/c1-14-17(2,20-21-19-14)24-22(15-9-5-3-6-10-15)13-18-23(24)16-11-7-4-8-12-16/h3-13H,1-2H3. The molecule has 1 unspecified atom stereocenters. The zero-order valence-corrected chi connectivity index (χ0v) is 13.5. The first-order valence-electron chi connectivity index (χ1n) is 7.71. The smallest absolute Gasteiger partial charge is 0.212 e. The summed E-state index contributed by atoms with van der Waals surface area (Å²) in [7, 11) is 0. The molecule has 0 radical (unpaired) electrons. The van der Waals surface area contributed by atoms with E-state index in [9.17, 15) is 0 Å². The van der Waals surface area contributed by atoms with E-state index in [-0.39, 0.29) is 0 Å². The van der Waals surface area contributed by atoms with Crippen LogP contribution in [0, 0.1) is 0 Å². The first-order valence-corrected chi connectivity index (χ1v) is 7.71. The van der Waals surface area contributed by atoms with E-state index >= 15 is 0 Å². The predicted octanol–water partition coefficient (Wildman–Crippen LogP) is 3.65. The topological polar surface area (TPSA) is 59.2 Å². The maximum Gasteiger partial charge on any atom is 0.212 e. The van der Waals surface area contributed by atoms with Gasteiger partial charge in [-0.1, -0.05) is 41.5 Å². The van der Waals surface area contributed by atoms with Gasteiger partial charge < -0.3 is 0 Å². The van der Waals surface area contributed by atoms with Gasteiger partial charge in [-0.2, -0.15) is 5.12 Å². The van der Waals surface area contributed by atoms with E-state index in [1.54, 1.807) is 6.34 Å². The summed E-state index contributed by atoms with van der Waals surface area (Å²) < 4.78 is 0. The van der Waals surface area contributed by atoms with Crippen molar-refractivity contribution in [1.29, 1.82) is 0 Å². The second kappa shape index (κ2) is 5.54. The van der Waals surface area contributed by atoms with E-state index in [2.05, 4.69) is 20.5 Å². The molecule has 120 valence electrons. The van der Waals surface area contributed by atoms with E-state index in [0.29, 0.717) is 0 Å². The summed E-state index contributed by atoms with van der Waals surface area (Å²) in [6.07, 6.45) is 1.77. The first-order chi connectivity index (χ1) is 11.7. The molecule has 0 saturated carbocycles. The molecule has 0 aliphatic carbocycles. The van der Waals surface area contributed by atoms with Gasteiger partial charge in [-0.15, -0.1) is 15.3 Å². The van der Waals surface area contributed by atoms with Crippen LogP contribution in [0.2, 0.25) is 0 Å².